The van der Waals surface area contributed by atoms with Gasteiger partial charge >= 0.3 is 0 Å². The number of nitrogens with one attached hydrogen (secondary N) is 1. The fourth-order valence-electron chi connectivity index (χ4n) is 2.03. The van der Waals surface area contributed by atoms with Crippen molar-refractivity contribution in [2.45, 2.75) is 25.3 Å². The number of hydrogen-bond acceptors (Lipinski definition) is 2. The molecule has 1 atom stereocenters. The largest absolute Gasteiger partial charge is 0.317 e. The molecule has 2 rings (SSSR count). The molecule has 1 unspecified atom stereocenters. The summed E-state index contributed by atoms with van der Waals surface area (Å²) in [6.07, 6.45) is 3.36. The van der Waals surface area contributed by atoms with E-state index >= 15 is 0 Å². The van der Waals surface area contributed by atoms with E-state index in [-0.39, 0.29) is 0 Å². The highest BCUT2D eigenvalue weighted by molar-refractivity contribution is 7.07. The molecule has 0 radical (unpaired) electrons. The van der Waals surface area contributed by atoms with Crippen molar-refractivity contribution in [3.63, 3.8) is 0 Å². The van der Waals surface area contributed by atoms with Crippen molar-refractivity contribution in [2.24, 2.45) is 0 Å². The van der Waals surface area contributed by atoms with Gasteiger partial charge in [-0.15, -0.1) is 0 Å². The first-order chi connectivity index (χ1) is 8.78. The summed E-state index contributed by atoms with van der Waals surface area (Å²) in [5.74, 6) is 0. The molecule has 18 heavy (non-hydrogen) atoms. The maximum Gasteiger partial charge on any atom is 0.0406 e. The van der Waals surface area contributed by atoms with Crippen LogP contribution in [-0.4, -0.2) is 13.1 Å². The molecule has 2 aromatic rings. The van der Waals surface area contributed by atoms with Crippen molar-refractivity contribution in [1.82, 2.24) is 5.32 Å². The zero-order valence-electron chi connectivity index (χ0n) is 10.5. The van der Waals surface area contributed by atoms with E-state index in [1.54, 1.807) is 11.3 Å². The molecule has 3 heteroatoms. The number of thiophene rings is 1. The van der Waals surface area contributed by atoms with Crippen molar-refractivity contribution in [3.05, 3.63) is 57.2 Å². The molecule has 0 saturated carbocycles. The predicted molar refractivity (Wildman–Crippen MR) is 80.6 cm³/mol. The number of rotatable bonds is 6. The lowest BCUT2D eigenvalue weighted by Crippen LogP contribution is -2.28. The molecular weight excluding hydrogens is 262 g/mol. The van der Waals surface area contributed by atoms with Gasteiger partial charge in [-0.2, -0.15) is 11.3 Å². The average molecular weight is 280 g/mol. The summed E-state index contributed by atoms with van der Waals surface area (Å²) in [5, 5.41) is 8.57. The Bertz CT molecular complexity index is 450. The molecule has 0 fully saturated rings. The lowest BCUT2D eigenvalue weighted by Gasteiger charge is -2.16. The van der Waals surface area contributed by atoms with Crippen LogP contribution in [0.2, 0.25) is 5.02 Å². The molecule has 0 aliphatic rings. The number of halogens is 1. The van der Waals surface area contributed by atoms with Crippen LogP contribution in [0.3, 0.4) is 0 Å². The molecule has 1 aromatic carbocycles. The van der Waals surface area contributed by atoms with E-state index in [2.05, 4.69) is 34.3 Å². The van der Waals surface area contributed by atoms with Gasteiger partial charge in [0.1, 0.15) is 0 Å². The first-order valence-electron chi connectivity index (χ1n) is 6.20. The third kappa shape index (κ3) is 4.13. The number of likely N-dealkylation sites (N-methyl/N-ethyl adjacent to an activating group) is 1. The van der Waals surface area contributed by atoms with E-state index in [4.69, 9.17) is 11.6 Å². The molecule has 0 bridgehead atoms. The third-order valence-corrected chi connectivity index (χ3v) is 4.15. The SMILES string of the molecule is CNC(CCc1ccsc1)Cc1ccc(Cl)cc1. The molecule has 0 aliphatic carbocycles. The zero-order valence-corrected chi connectivity index (χ0v) is 12.1. The van der Waals surface area contributed by atoms with Crippen LogP contribution in [0.4, 0.5) is 0 Å². The van der Waals surface area contributed by atoms with Crippen molar-refractivity contribution in [3.8, 4) is 0 Å². The van der Waals surface area contributed by atoms with Gasteiger partial charge in [-0.25, -0.2) is 0 Å². The third-order valence-electron chi connectivity index (χ3n) is 3.17. The minimum Gasteiger partial charge on any atom is -0.317 e. The summed E-state index contributed by atoms with van der Waals surface area (Å²) in [5.41, 5.74) is 2.78. The molecule has 0 amide bonds. The van der Waals surface area contributed by atoms with Gasteiger partial charge in [0.2, 0.25) is 0 Å². The Morgan fingerprint density at radius 1 is 1.17 bits per heavy atom. The second kappa shape index (κ2) is 6.93. The van der Waals surface area contributed by atoms with Gasteiger partial charge in [-0.1, -0.05) is 23.7 Å². The Hall–Kier alpha value is -0.830. The van der Waals surface area contributed by atoms with Gasteiger partial charge in [0.05, 0.1) is 0 Å². The van der Waals surface area contributed by atoms with E-state index in [0.717, 1.165) is 24.3 Å². The highest BCUT2D eigenvalue weighted by Gasteiger charge is 2.07. The number of benzene rings is 1. The Labute approximate surface area is 118 Å². The summed E-state index contributed by atoms with van der Waals surface area (Å²) in [6.45, 7) is 0. The second-order valence-electron chi connectivity index (χ2n) is 4.49. The van der Waals surface area contributed by atoms with Gasteiger partial charge in [0, 0.05) is 11.1 Å². The van der Waals surface area contributed by atoms with E-state index in [0.29, 0.717) is 6.04 Å². The van der Waals surface area contributed by atoms with Crippen molar-refractivity contribution in [1.29, 1.82) is 0 Å². The van der Waals surface area contributed by atoms with Crippen molar-refractivity contribution < 1.29 is 0 Å². The molecule has 1 heterocycles. The Balaban J connectivity index is 1.87. The van der Waals surface area contributed by atoms with Crippen LogP contribution < -0.4 is 5.32 Å². The molecule has 0 spiro atoms. The molecule has 0 saturated heterocycles. The topological polar surface area (TPSA) is 12.0 Å². The van der Waals surface area contributed by atoms with Crippen LogP contribution >= 0.6 is 22.9 Å². The zero-order chi connectivity index (χ0) is 12.8. The van der Waals surface area contributed by atoms with Gasteiger partial charge in [-0.3, -0.25) is 0 Å². The first kappa shape index (κ1) is 13.6. The van der Waals surface area contributed by atoms with Crippen LogP contribution in [0.5, 0.6) is 0 Å². The molecule has 1 nitrogen and oxygen atoms in total. The van der Waals surface area contributed by atoms with E-state index in [1.165, 1.54) is 11.1 Å². The number of hydrogen-bond donors (Lipinski definition) is 1. The summed E-state index contributed by atoms with van der Waals surface area (Å²) < 4.78 is 0. The van der Waals surface area contributed by atoms with E-state index in [9.17, 15) is 0 Å². The highest BCUT2D eigenvalue weighted by Crippen LogP contribution is 2.14. The van der Waals surface area contributed by atoms with Crippen LogP contribution in [-0.2, 0) is 12.8 Å². The molecule has 1 aromatic heterocycles. The highest BCUT2D eigenvalue weighted by atomic mass is 35.5. The maximum atomic E-state index is 5.90. The van der Waals surface area contributed by atoms with Crippen LogP contribution in [0.25, 0.3) is 0 Å². The smallest absolute Gasteiger partial charge is 0.0406 e. The summed E-state index contributed by atoms with van der Waals surface area (Å²) in [6, 6.07) is 10.9. The Kier molecular flexibility index (Phi) is 5.24. The van der Waals surface area contributed by atoms with Gasteiger partial charge < -0.3 is 5.32 Å². The summed E-state index contributed by atoms with van der Waals surface area (Å²) >= 11 is 7.67. The fourth-order valence-corrected chi connectivity index (χ4v) is 2.86. The van der Waals surface area contributed by atoms with Crippen molar-refractivity contribution in [2.75, 3.05) is 7.05 Å². The molecular formula is C15H18ClNS. The summed E-state index contributed by atoms with van der Waals surface area (Å²) in [7, 11) is 2.04. The minimum absolute atomic E-state index is 0.520. The molecule has 0 aliphatic heterocycles. The second-order valence-corrected chi connectivity index (χ2v) is 5.70. The van der Waals surface area contributed by atoms with Crippen LogP contribution in [0, 0.1) is 0 Å². The number of aryl methyl sites for hydroxylation is 1. The predicted octanol–water partition coefficient (Wildman–Crippen LogP) is 4.16. The normalized spacial score (nSPS) is 12.6. The Morgan fingerprint density at radius 2 is 1.94 bits per heavy atom. The maximum absolute atomic E-state index is 5.90. The molecule has 1 N–H and O–H groups in total. The lowest BCUT2D eigenvalue weighted by molar-refractivity contribution is 0.520. The van der Waals surface area contributed by atoms with E-state index < -0.39 is 0 Å². The van der Waals surface area contributed by atoms with Gasteiger partial charge in [-0.05, 0) is 66.4 Å². The van der Waals surface area contributed by atoms with Crippen LogP contribution in [0.15, 0.2) is 41.1 Å². The quantitative estimate of drug-likeness (QED) is 0.837. The minimum atomic E-state index is 0.520. The van der Waals surface area contributed by atoms with Crippen molar-refractivity contribution >= 4 is 22.9 Å². The first-order valence-corrected chi connectivity index (χ1v) is 7.53. The monoisotopic (exact) mass is 279 g/mol. The molecule has 96 valence electrons. The van der Waals surface area contributed by atoms with Crippen LogP contribution in [0.1, 0.15) is 17.5 Å². The fraction of sp³-hybridized carbons (Fsp3) is 0.333. The average Bonchev–Trinajstić information content (AvgIpc) is 2.90. The van der Waals surface area contributed by atoms with E-state index in [1.807, 2.05) is 19.2 Å². The summed E-state index contributed by atoms with van der Waals surface area (Å²) in [4.78, 5) is 0. The Morgan fingerprint density at radius 3 is 2.56 bits per heavy atom. The standard InChI is InChI=1S/C15H18ClNS/c1-17-15(7-4-13-8-9-18-11-13)10-12-2-5-14(16)6-3-12/h2-3,5-6,8-9,11,15,17H,4,7,10H2,1H3. The van der Waals surface area contributed by atoms with Gasteiger partial charge in [0.15, 0.2) is 0 Å². The van der Waals surface area contributed by atoms with Gasteiger partial charge in [0.25, 0.3) is 0 Å². The lowest BCUT2D eigenvalue weighted by atomic mass is 10.0.